The Labute approximate surface area is 87.7 Å². The van der Waals surface area contributed by atoms with Crippen LogP contribution in [0.3, 0.4) is 0 Å². The molecular formula is C12H17OP. The SMILES string of the molecule is CC(C)(C)C(=O)PCc1ccccc1. The van der Waals surface area contributed by atoms with Crippen LogP contribution >= 0.6 is 8.58 Å². The number of carbonyl (C=O) groups is 1. The van der Waals surface area contributed by atoms with Crippen molar-refractivity contribution in [3.8, 4) is 0 Å². The molecule has 1 rings (SSSR count). The summed E-state index contributed by atoms with van der Waals surface area (Å²) < 4.78 is 0. The van der Waals surface area contributed by atoms with Crippen LogP contribution in [0.25, 0.3) is 0 Å². The molecule has 76 valence electrons. The fourth-order valence-corrected chi connectivity index (χ4v) is 2.17. The summed E-state index contributed by atoms with van der Waals surface area (Å²) in [5, 5.41) is 0. The number of hydrogen-bond donors (Lipinski definition) is 0. The normalized spacial score (nSPS) is 12.2. The maximum absolute atomic E-state index is 11.7. The van der Waals surface area contributed by atoms with E-state index in [1.807, 2.05) is 39.0 Å². The van der Waals surface area contributed by atoms with E-state index in [4.69, 9.17) is 0 Å². The zero-order valence-electron chi connectivity index (χ0n) is 9.00. The average molecular weight is 208 g/mol. The summed E-state index contributed by atoms with van der Waals surface area (Å²) >= 11 is 0. The van der Waals surface area contributed by atoms with E-state index in [-0.39, 0.29) is 5.41 Å². The zero-order valence-corrected chi connectivity index (χ0v) is 10.0. The third kappa shape index (κ3) is 3.59. The summed E-state index contributed by atoms with van der Waals surface area (Å²) in [7, 11) is 0.396. The third-order valence-electron chi connectivity index (χ3n) is 1.98. The van der Waals surface area contributed by atoms with Crippen LogP contribution in [0.4, 0.5) is 0 Å². The molecule has 1 aromatic rings. The van der Waals surface area contributed by atoms with Gasteiger partial charge in [-0.15, -0.1) is 0 Å². The van der Waals surface area contributed by atoms with Crippen LogP contribution in [-0.2, 0) is 11.0 Å². The molecule has 0 radical (unpaired) electrons. The van der Waals surface area contributed by atoms with Crippen LogP contribution in [-0.4, -0.2) is 5.52 Å². The standard InChI is InChI=1S/C12H17OP/c1-12(2,3)11(13)14-9-10-7-5-4-6-8-10/h4-8,14H,9H2,1-3H3. The van der Waals surface area contributed by atoms with Crippen molar-refractivity contribution < 1.29 is 4.79 Å². The summed E-state index contributed by atoms with van der Waals surface area (Å²) in [4.78, 5) is 11.7. The Hall–Kier alpha value is -0.680. The first-order valence-corrected chi connectivity index (χ1v) is 6.03. The van der Waals surface area contributed by atoms with Crippen LogP contribution in [0.15, 0.2) is 30.3 Å². The summed E-state index contributed by atoms with van der Waals surface area (Å²) in [5.41, 5.74) is 1.43. The minimum atomic E-state index is -0.187. The van der Waals surface area contributed by atoms with Crippen LogP contribution in [0.1, 0.15) is 26.3 Å². The van der Waals surface area contributed by atoms with Gasteiger partial charge in [0, 0.05) is 5.41 Å². The number of rotatable bonds is 3. The maximum atomic E-state index is 11.7. The molecule has 1 nitrogen and oxygen atoms in total. The summed E-state index contributed by atoms with van der Waals surface area (Å²) in [6, 6.07) is 10.2. The highest BCUT2D eigenvalue weighted by molar-refractivity contribution is 7.57. The molecule has 0 aromatic heterocycles. The largest absolute Gasteiger partial charge is 0.294 e. The molecule has 0 N–H and O–H groups in total. The van der Waals surface area contributed by atoms with E-state index in [9.17, 15) is 4.79 Å². The number of benzene rings is 1. The molecule has 0 fully saturated rings. The van der Waals surface area contributed by atoms with E-state index in [2.05, 4.69) is 12.1 Å². The molecule has 0 aliphatic rings. The van der Waals surface area contributed by atoms with E-state index >= 15 is 0 Å². The van der Waals surface area contributed by atoms with Crippen molar-refractivity contribution in [1.82, 2.24) is 0 Å². The lowest BCUT2D eigenvalue weighted by molar-refractivity contribution is -0.117. The van der Waals surface area contributed by atoms with Crippen LogP contribution in [0, 0.1) is 5.41 Å². The maximum Gasteiger partial charge on any atom is 0.156 e. The van der Waals surface area contributed by atoms with Crippen molar-refractivity contribution in [2.75, 3.05) is 0 Å². The van der Waals surface area contributed by atoms with Gasteiger partial charge in [0.1, 0.15) is 0 Å². The van der Waals surface area contributed by atoms with Crippen molar-refractivity contribution in [3.63, 3.8) is 0 Å². The molecule has 0 aliphatic heterocycles. The van der Waals surface area contributed by atoms with Gasteiger partial charge in [-0.3, -0.25) is 4.79 Å². The topological polar surface area (TPSA) is 17.1 Å². The second-order valence-corrected chi connectivity index (χ2v) is 5.58. The van der Waals surface area contributed by atoms with Gasteiger partial charge in [-0.25, -0.2) is 0 Å². The summed E-state index contributed by atoms with van der Waals surface area (Å²) in [6.45, 7) is 5.94. The lowest BCUT2D eigenvalue weighted by atomic mass is 9.99. The third-order valence-corrected chi connectivity index (χ3v) is 3.63. The Morgan fingerprint density at radius 2 is 1.79 bits per heavy atom. The van der Waals surface area contributed by atoms with E-state index in [1.165, 1.54) is 5.56 Å². The lowest BCUT2D eigenvalue weighted by Gasteiger charge is -2.16. The Morgan fingerprint density at radius 3 is 2.29 bits per heavy atom. The summed E-state index contributed by atoms with van der Waals surface area (Å²) in [5.74, 6) is 0. The van der Waals surface area contributed by atoms with E-state index in [1.54, 1.807) is 0 Å². The van der Waals surface area contributed by atoms with Crippen LogP contribution in [0.2, 0.25) is 0 Å². The Morgan fingerprint density at radius 1 is 1.21 bits per heavy atom. The highest BCUT2D eigenvalue weighted by atomic mass is 31.1. The number of carbonyl (C=O) groups excluding carboxylic acids is 1. The van der Waals surface area contributed by atoms with Crippen molar-refractivity contribution in [2.24, 2.45) is 5.41 Å². The Bertz CT molecular complexity index is 298. The summed E-state index contributed by atoms with van der Waals surface area (Å²) in [6.07, 6.45) is 0.886. The Balaban J connectivity index is 2.46. The second-order valence-electron chi connectivity index (χ2n) is 4.42. The molecule has 0 saturated carbocycles. The molecule has 0 bridgehead atoms. The van der Waals surface area contributed by atoms with Gasteiger partial charge in [-0.05, 0) is 20.3 Å². The van der Waals surface area contributed by atoms with Crippen molar-refractivity contribution in [2.45, 2.75) is 26.9 Å². The minimum absolute atomic E-state index is 0.187. The molecule has 0 spiro atoms. The quantitative estimate of drug-likeness (QED) is 0.695. The van der Waals surface area contributed by atoms with Gasteiger partial charge in [-0.1, -0.05) is 51.1 Å². The minimum Gasteiger partial charge on any atom is -0.294 e. The molecule has 14 heavy (non-hydrogen) atoms. The predicted octanol–water partition coefficient (Wildman–Crippen LogP) is 3.44. The Kier molecular flexibility index (Phi) is 3.83. The second kappa shape index (κ2) is 4.70. The van der Waals surface area contributed by atoms with Crippen LogP contribution in [0.5, 0.6) is 0 Å². The van der Waals surface area contributed by atoms with Gasteiger partial charge in [0.05, 0.1) is 0 Å². The monoisotopic (exact) mass is 208 g/mol. The predicted molar refractivity (Wildman–Crippen MR) is 62.9 cm³/mol. The van der Waals surface area contributed by atoms with E-state index in [0.29, 0.717) is 14.1 Å². The number of hydrogen-bond acceptors (Lipinski definition) is 1. The molecule has 2 heteroatoms. The van der Waals surface area contributed by atoms with Gasteiger partial charge in [0.2, 0.25) is 0 Å². The van der Waals surface area contributed by atoms with E-state index in [0.717, 1.165) is 6.16 Å². The molecule has 0 amide bonds. The lowest BCUT2D eigenvalue weighted by Crippen LogP contribution is -2.15. The molecule has 0 heterocycles. The first kappa shape index (κ1) is 11.4. The first-order valence-electron chi connectivity index (χ1n) is 4.82. The molecule has 0 saturated heterocycles. The van der Waals surface area contributed by atoms with Gasteiger partial charge >= 0.3 is 0 Å². The van der Waals surface area contributed by atoms with Gasteiger partial charge in [0.15, 0.2) is 5.52 Å². The highest BCUT2D eigenvalue weighted by Crippen LogP contribution is 2.30. The fraction of sp³-hybridized carbons (Fsp3) is 0.417. The van der Waals surface area contributed by atoms with Crippen molar-refractivity contribution in [1.29, 1.82) is 0 Å². The van der Waals surface area contributed by atoms with E-state index < -0.39 is 0 Å². The van der Waals surface area contributed by atoms with Crippen molar-refractivity contribution >= 4 is 14.1 Å². The molecule has 0 aliphatic carbocycles. The average Bonchev–Trinajstić information content (AvgIpc) is 2.14. The molecule has 1 atom stereocenters. The zero-order chi connectivity index (χ0) is 10.6. The highest BCUT2D eigenvalue weighted by Gasteiger charge is 2.20. The fourth-order valence-electron chi connectivity index (χ4n) is 1.04. The van der Waals surface area contributed by atoms with Crippen molar-refractivity contribution in [3.05, 3.63) is 35.9 Å². The smallest absolute Gasteiger partial charge is 0.156 e. The molecular weight excluding hydrogens is 191 g/mol. The van der Waals surface area contributed by atoms with Gasteiger partial charge in [-0.2, -0.15) is 0 Å². The van der Waals surface area contributed by atoms with Gasteiger partial charge < -0.3 is 0 Å². The first-order chi connectivity index (χ1) is 6.50. The molecule has 1 aromatic carbocycles. The van der Waals surface area contributed by atoms with Crippen LogP contribution < -0.4 is 0 Å². The van der Waals surface area contributed by atoms with Gasteiger partial charge in [0.25, 0.3) is 0 Å². The molecule has 1 unspecified atom stereocenters.